The summed E-state index contributed by atoms with van der Waals surface area (Å²) in [6.07, 6.45) is 2.56. The highest BCUT2D eigenvalue weighted by Crippen LogP contribution is 2.37. The summed E-state index contributed by atoms with van der Waals surface area (Å²) >= 11 is 3.57. The van der Waals surface area contributed by atoms with Crippen molar-refractivity contribution in [1.29, 1.82) is 0 Å². The van der Waals surface area contributed by atoms with E-state index < -0.39 is 0 Å². The molecule has 0 saturated carbocycles. The zero-order valence-electron chi connectivity index (χ0n) is 11.6. The molecular formula is C18H15BrO2. The van der Waals surface area contributed by atoms with E-state index in [1.807, 2.05) is 18.2 Å². The molecule has 0 aromatic heterocycles. The van der Waals surface area contributed by atoms with Crippen LogP contribution in [0.4, 0.5) is 0 Å². The quantitative estimate of drug-likeness (QED) is 0.824. The number of Topliss-reactive ketones (excluding diaryl/α,β-unsaturated/α-hetero) is 1. The van der Waals surface area contributed by atoms with Crippen LogP contribution in [0.5, 0.6) is 5.75 Å². The summed E-state index contributed by atoms with van der Waals surface area (Å²) in [6.45, 7) is 0.748. The average Bonchev–Trinajstić information content (AvgIpc) is 3.05. The molecule has 0 bridgehead atoms. The van der Waals surface area contributed by atoms with E-state index >= 15 is 0 Å². The largest absolute Gasteiger partial charge is 0.493 e. The maximum atomic E-state index is 12.5. The van der Waals surface area contributed by atoms with Crippen molar-refractivity contribution in [1.82, 2.24) is 0 Å². The molecule has 1 unspecified atom stereocenters. The third kappa shape index (κ3) is 2.20. The number of carbonyl (C=O) groups is 1. The first-order chi connectivity index (χ1) is 10.2. The lowest BCUT2D eigenvalue weighted by atomic mass is 9.94. The van der Waals surface area contributed by atoms with Crippen LogP contribution < -0.4 is 4.74 Å². The van der Waals surface area contributed by atoms with E-state index in [-0.39, 0.29) is 11.7 Å². The third-order valence-corrected chi connectivity index (χ3v) is 4.87. The van der Waals surface area contributed by atoms with Gasteiger partial charge in [-0.25, -0.2) is 0 Å². The summed E-state index contributed by atoms with van der Waals surface area (Å²) in [6, 6.07) is 12.2. The molecule has 0 saturated heterocycles. The monoisotopic (exact) mass is 342 g/mol. The lowest BCUT2D eigenvalue weighted by molar-refractivity contribution is 0.0936. The van der Waals surface area contributed by atoms with Crippen molar-refractivity contribution in [2.45, 2.75) is 19.3 Å². The summed E-state index contributed by atoms with van der Waals surface area (Å²) < 4.78 is 6.85. The van der Waals surface area contributed by atoms with E-state index in [0.29, 0.717) is 0 Å². The number of fused-ring (bicyclic) bond motifs is 2. The molecule has 2 aliphatic rings. The maximum absolute atomic E-state index is 12.5. The summed E-state index contributed by atoms with van der Waals surface area (Å²) in [4.78, 5) is 12.5. The van der Waals surface area contributed by atoms with Gasteiger partial charge in [0.1, 0.15) is 5.75 Å². The zero-order valence-corrected chi connectivity index (χ0v) is 13.2. The van der Waals surface area contributed by atoms with E-state index in [2.05, 4.69) is 34.1 Å². The second-order valence-electron chi connectivity index (χ2n) is 5.78. The van der Waals surface area contributed by atoms with E-state index in [1.165, 1.54) is 11.1 Å². The van der Waals surface area contributed by atoms with Crippen molar-refractivity contribution < 1.29 is 9.53 Å². The lowest BCUT2D eigenvalue weighted by Gasteiger charge is -2.12. The van der Waals surface area contributed by atoms with Gasteiger partial charge in [0.2, 0.25) is 0 Å². The SMILES string of the molecule is O=C1c2ccccc2CC1Cc1cc(Br)cc2c1OCC2. The number of carbonyl (C=O) groups excluding carboxylic acids is 1. The zero-order chi connectivity index (χ0) is 14.4. The van der Waals surface area contributed by atoms with Gasteiger partial charge in [-0.05, 0) is 41.7 Å². The van der Waals surface area contributed by atoms with Gasteiger partial charge in [-0.15, -0.1) is 0 Å². The first-order valence-corrected chi connectivity index (χ1v) is 8.08. The van der Waals surface area contributed by atoms with Gasteiger partial charge < -0.3 is 4.74 Å². The first kappa shape index (κ1) is 13.1. The van der Waals surface area contributed by atoms with Crippen LogP contribution in [-0.4, -0.2) is 12.4 Å². The summed E-state index contributed by atoms with van der Waals surface area (Å²) in [7, 11) is 0. The van der Waals surface area contributed by atoms with Gasteiger partial charge in [-0.3, -0.25) is 4.79 Å². The van der Waals surface area contributed by atoms with Gasteiger partial charge in [0.25, 0.3) is 0 Å². The molecular weight excluding hydrogens is 328 g/mol. The summed E-state index contributed by atoms with van der Waals surface area (Å²) in [5.41, 5.74) is 4.49. The fourth-order valence-electron chi connectivity index (χ4n) is 3.44. The molecule has 2 nitrogen and oxygen atoms in total. The van der Waals surface area contributed by atoms with E-state index in [9.17, 15) is 4.79 Å². The highest BCUT2D eigenvalue weighted by molar-refractivity contribution is 9.10. The predicted molar refractivity (Wildman–Crippen MR) is 85.0 cm³/mol. The van der Waals surface area contributed by atoms with Crippen LogP contribution in [0.1, 0.15) is 27.0 Å². The molecule has 106 valence electrons. The molecule has 0 fully saturated rings. The molecule has 1 aliphatic heterocycles. The molecule has 0 spiro atoms. The molecule has 0 radical (unpaired) electrons. The Labute approximate surface area is 132 Å². The summed E-state index contributed by atoms with van der Waals surface area (Å²) in [5, 5.41) is 0. The fourth-order valence-corrected chi connectivity index (χ4v) is 4.00. The molecule has 1 atom stereocenters. The Morgan fingerprint density at radius 3 is 2.90 bits per heavy atom. The van der Waals surface area contributed by atoms with Crippen molar-refractivity contribution >= 4 is 21.7 Å². The Morgan fingerprint density at radius 1 is 1.19 bits per heavy atom. The van der Waals surface area contributed by atoms with Crippen molar-refractivity contribution in [3.8, 4) is 5.75 Å². The molecule has 2 aromatic rings. The Hall–Kier alpha value is -1.61. The minimum atomic E-state index is 0.0463. The van der Waals surface area contributed by atoms with E-state index in [0.717, 1.165) is 47.2 Å². The van der Waals surface area contributed by atoms with Gasteiger partial charge in [0.05, 0.1) is 6.61 Å². The molecule has 4 rings (SSSR count). The maximum Gasteiger partial charge on any atom is 0.166 e. The Balaban J connectivity index is 1.66. The highest BCUT2D eigenvalue weighted by atomic mass is 79.9. The first-order valence-electron chi connectivity index (χ1n) is 7.28. The van der Waals surface area contributed by atoms with Crippen LogP contribution in [0, 0.1) is 5.92 Å². The van der Waals surface area contributed by atoms with E-state index in [4.69, 9.17) is 4.74 Å². The normalized spacial score (nSPS) is 19.3. The number of halogens is 1. The number of ether oxygens (including phenoxy) is 1. The Morgan fingerprint density at radius 2 is 2.05 bits per heavy atom. The van der Waals surface area contributed by atoms with Crippen molar-refractivity contribution in [3.05, 3.63) is 63.1 Å². The van der Waals surface area contributed by atoms with Crippen LogP contribution in [0.25, 0.3) is 0 Å². The van der Waals surface area contributed by atoms with Gasteiger partial charge in [0.15, 0.2) is 5.78 Å². The van der Waals surface area contributed by atoms with Gasteiger partial charge in [-0.2, -0.15) is 0 Å². The fraction of sp³-hybridized carbons (Fsp3) is 0.278. The van der Waals surface area contributed by atoms with Crippen LogP contribution >= 0.6 is 15.9 Å². The molecule has 0 N–H and O–H groups in total. The molecule has 3 heteroatoms. The Bertz CT molecular complexity index is 736. The number of hydrogen-bond donors (Lipinski definition) is 0. The minimum absolute atomic E-state index is 0.0463. The smallest absolute Gasteiger partial charge is 0.166 e. The number of rotatable bonds is 2. The highest BCUT2D eigenvalue weighted by Gasteiger charge is 2.31. The van der Waals surface area contributed by atoms with Gasteiger partial charge >= 0.3 is 0 Å². The van der Waals surface area contributed by atoms with Crippen molar-refractivity contribution in [3.63, 3.8) is 0 Å². The Kier molecular flexibility index (Phi) is 3.11. The molecule has 2 aromatic carbocycles. The van der Waals surface area contributed by atoms with Crippen molar-refractivity contribution in [2.24, 2.45) is 5.92 Å². The molecule has 1 aliphatic carbocycles. The van der Waals surface area contributed by atoms with Crippen LogP contribution in [-0.2, 0) is 19.3 Å². The number of ketones is 1. The van der Waals surface area contributed by atoms with Crippen LogP contribution in [0.2, 0.25) is 0 Å². The van der Waals surface area contributed by atoms with Gasteiger partial charge in [0, 0.05) is 22.4 Å². The standard InChI is InChI=1S/C18H15BrO2/c19-15-9-12-5-6-21-18(12)14(10-15)8-13-7-11-3-1-2-4-16(11)17(13)20/h1-4,9-10,13H,5-8H2. The molecule has 21 heavy (non-hydrogen) atoms. The van der Waals surface area contributed by atoms with Crippen LogP contribution in [0.15, 0.2) is 40.9 Å². The van der Waals surface area contributed by atoms with Crippen LogP contribution in [0.3, 0.4) is 0 Å². The van der Waals surface area contributed by atoms with Crippen molar-refractivity contribution in [2.75, 3.05) is 6.61 Å². The van der Waals surface area contributed by atoms with Gasteiger partial charge in [-0.1, -0.05) is 40.2 Å². The number of hydrogen-bond acceptors (Lipinski definition) is 2. The molecule has 1 heterocycles. The van der Waals surface area contributed by atoms with E-state index in [1.54, 1.807) is 0 Å². The minimum Gasteiger partial charge on any atom is -0.493 e. The number of benzene rings is 2. The second-order valence-corrected chi connectivity index (χ2v) is 6.69. The third-order valence-electron chi connectivity index (χ3n) is 4.41. The molecule has 0 amide bonds. The second kappa shape index (κ2) is 4.99. The lowest BCUT2D eigenvalue weighted by Crippen LogP contribution is -2.12. The predicted octanol–water partition coefficient (Wildman–Crippen LogP) is 3.98. The average molecular weight is 343 g/mol. The topological polar surface area (TPSA) is 26.3 Å². The summed E-state index contributed by atoms with van der Waals surface area (Å²) in [5.74, 6) is 1.32.